The standard InChI is InChI=1S/C16H12F2N2O5S/c1-23-12-6-9(2-3-11(12)25-15(17)18)14(22)24-8-10-7-13(21)20-4-5-26-16(20)19-10/h2-7,15H,8H2,1H3. The third-order valence-corrected chi connectivity index (χ3v) is 4.08. The average molecular weight is 382 g/mol. The molecule has 0 amide bonds. The Morgan fingerprint density at radius 1 is 1.31 bits per heavy atom. The van der Waals surface area contributed by atoms with E-state index >= 15 is 0 Å². The third kappa shape index (κ3) is 3.80. The Hall–Kier alpha value is -3.01. The van der Waals surface area contributed by atoms with E-state index in [4.69, 9.17) is 9.47 Å². The number of hydrogen-bond donors (Lipinski definition) is 0. The SMILES string of the molecule is COc1cc(C(=O)OCc2cc(=O)n3ccsc3n2)ccc1OC(F)F. The molecule has 0 radical (unpaired) electrons. The molecule has 0 saturated heterocycles. The number of carbonyl (C=O) groups is 1. The largest absolute Gasteiger partial charge is 0.493 e. The zero-order valence-electron chi connectivity index (χ0n) is 13.3. The number of carbonyl (C=O) groups excluding carboxylic acids is 1. The van der Waals surface area contributed by atoms with Crippen LogP contribution in [0.1, 0.15) is 16.1 Å². The minimum atomic E-state index is -3.01. The van der Waals surface area contributed by atoms with Gasteiger partial charge in [-0.3, -0.25) is 9.20 Å². The highest BCUT2D eigenvalue weighted by Gasteiger charge is 2.15. The second-order valence-electron chi connectivity index (χ2n) is 4.96. The molecule has 0 aliphatic heterocycles. The molecule has 3 rings (SSSR count). The van der Waals surface area contributed by atoms with E-state index in [9.17, 15) is 18.4 Å². The van der Waals surface area contributed by atoms with Crippen LogP contribution in [0.3, 0.4) is 0 Å². The van der Waals surface area contributed by atoms with Crippen molar-refractivity contribution in [2.45, 2.75) is 13.2 Å². The molecule has 2 heterocycles. The Morgan fingerprint density at radius 3 is 2.85 bits per heavy atom. The number of nitrogens with zero attached hydrogens (tertiary/aromatic N) is 2. The summed E-state index contributed by atoms with van der Waals surface area (Å²) in [6.45, 7) is -3.22. The molecule has 136 valence electrons. The molecule has 0 N–H and O–H groups in total. The average Bonchev–Trinajstić information content (AvgIpc) is 3.08. The zero-order valence-corrected chi connectivity index (χ0v) is 14.2. The summed E-state index contributed by atoms with van der Waals surface area (Å²) in [7, 11) is 1.26. The highest BCUT2D eigenvalue weighted by molar-refractivity contribution is 7.15. The molecule has 0 spiro atoms. The maximum Gasteiger partial charge on any atom is 0.387 e. The summed E-state index contributed by atoms with van der Waals surface area (Å²) >= 11 is 1.28. The molecule has 0 unspecified atom stereocenters. The van der Waals surface area contributed by atoms with Gasteiger partial charge in [-0.25, -0.2) is 9.78 Å². The van der Waals surface area contributed by atoms with Crippen LogP contribution in [0.15, 0.2) is 40.6 Å². The van der Waals surface area contributed by atoms with E-state index in [-0.39, 0.29) is 29.2 Å². The fourth-order valence-electron chi connectivity index (χ4n) is 2.17. The molecule has 26 heavy (non-hydrogen) atoms. The Bertz CT molecular complexity index is 1000. The van der Waals surface area contributed by atoms with Gasteiger partial charge in [0.1, 0.15) is 6.61 Å². The van der Waals surface area contributed by atoms with Crippen LogP contribution in [0.25, 0.3) is 4.96 Å². The number of alkyl halides is 2. The lowest BCUT2D eigenvalue weighted by Gasteiger charge is -2.11. The summed E-state index contributed by atoms with van der Waals surface area (Å²) in [6, 6.07) is 4.95. The van der Waals surface area contributed by atoms with Crippen molar-refractivity contribution >= 4 is 22.3 Å². The molecule has 0 saturated carbocycles. The van der Waals surface area contributed by atoms with Crippen LogP contribution in [-0.2, 0) is 11.3 Å². The molecule has 0 fully saturated rings. The predicted molar refractivity (Wildman–Crippen MR) is 88.1 cm³/mol. The van der Waals surface area contributed by atoms with Crippen LogP contribution in [0, 0.1) is 0 Å². The van der Waals surface area contributed by atoms with Gasteiger partial charge in [0.25, 0.3) is 5.56 Å². The number of thiazole rings is 1. The first kappa shape index (κ1) is 17.8. The first-order valence-electron chi connectivity index (χ1n) is 7.23. The van der Waals surface area contributed by atoms with Gasteiger partial charge in [-0.15, -0.1) is 11.3 Å². The molecule has 7 nitrogen and oxygen atoms in total. The summed E-state index contributed by atoms with van der Waals surface area (Å²) < 4.78 is 40.4. The summed E-state index contributed by atoms with van der Waals surface area (Å²) in [5, 5.41) is 1.72. The minimum absolute atomic E-state index is 0.0314. The highest BCUT2D eigenvalue weighted by Crippen LogP contribution is 2.29. The predicted octanol–water partition coefficient (Wildman–Crippen LogP) is 2.72. The van der Waals surface area contributed by atoms with E-state index < -0.39 is 12.6 Å². The second-order valence-corrected chi connectivity index (χ2v) is 5.83. The van der Waals surface area contributed by atoms with E-state index in [0.29, 0.717) is 10.7 Å². The van der Waals surface area contributed by atoms with Crippen LogP contribution < -0.4 is 15.0 Å². The van der Waals surface area contributed by atoms with Crippen molar-refractivity contribution in [3.63, 3.8) is 0 Å². The number of aromatic nitrogens is 2. The molecule has 3 aromatic rings. The molecular formula is C16H12F2N2O5S. The fraction of sp³-hybridized carbons (Fsp3) is 0.188. The van der Waals surface area contributed by atoms with Gasteiger partial charge in [-0.2, -0.15) is 8.78 Å². The van der Waals surface area contributed by atoms with Crippen LogP contribution in [0.4, 0.5) is 8.78 Å². The lowest BCUT2D eigenvalue weighted by molar-refractivity contribution is -0.0512. The lowest BCUT2D eigenvalue weighted by Crippen LogP contribution is -2.14. The Morgan fingerprint density at radius 2 is 2.12 bits per heavy atom. The Labute approximate surface area is 149 Å². The molecule has 10 heteroatoms. The number of esters is 1. The van der Waals surface area contributed by atoms with Gasteiger partial charge in [0.2, 0.25) is 0 Å². The topological polar surface area (TPSA) is 79.1 Å². The maximum atomic E-state index is 12.3. The normalized spacial score (nSPS) is 10.9. The number of methoxy groups -OCH3 is 1. The quantitative estimate of drug-likeness (QED) is 0.610. The molecule has 0 aliphatic carbocycles. The van der Waals surface area contributed by atoms with Gasteiger partial charge in [0, 0.05) is 17.6 Å². The smallest absolute Gasteiger partial charge is 0.387 e. The van der Waals surface area contributed by atoms with Gasteiger partial charge >= 0.3 is 12.6 Å². The minimum Gasteiger partial charge on any atom is -0.493 e. The van der Waals surface area contributed by atoms with E-state index in [1.54, 1.807) is 11.6 Å². The summed E-state index contributed by atoms with van der Waals surface area (Å²) in [5.74, 6) is -0.951. The summed E-state index contributed by atoms with van der Waals surface area (Å²) in [6.07, 6.45) is 1.60. The summed E-state index contributed by atoms with van der Waals surface area (Å²) in [5.41, 5.74) is 0.102. The number of hydrogen-bond acceptors (Lipinski definition) is 7. The Balaban J connectivity index is 1.73. The van der Waals surface area contributed by atoms with Gasteiger partial charge in [-0.05, 0) is 18.2 Å². The van der Waals surface area contributed by atoms with Crippen molar-refractivity contribution < 1.29 is 27.8 Å². The Kier molecular flexibility index (Phi) is 5.12. The van der Waals surface area contributed by atoms with Gasteiger partial charge in [-0.1, -0.05) is 0 Å². The van der Waals surface area contributed by atoms with Crippen molar-refractivity contribution in [3.05, 3.63) is 57.5 Å². The molecule has 0 atom stereocenters. The van der Waals surface area contributed by atoms with Crippen molar-refractivity contribution in [2.24, 2.45) is 0 Å². The van der Waals surface area contributed by atoms with E-state index in [1.165, 1.54) is 47.1 Å². The fourth-order valence-corrected chi connectivity index (χ4v) is 2.91. The maximum absolute atomic E-state index is 12.3. The molecule has 1 aromatic carbocycles. The van der Waals surface area contributed by atoms with Crippen molar-refractivity contribution in [1.82, 2.24) is 9.38 Å². The first-order chi connectivity index (χ1) is 12.5. The van der Waals surface area contributed by atoms with Gasteiger partial charge in [0.05, 0.1) is 18.4 Å². The van der Waals surface area contributed by atoms with Crippen LogP contribution in [0.5, 0.6) is 11.5 Å². The molecule has 2 aromatic heterocycles. The summed E-state index contributed by atoms with van der Waals surface area (Å²) in [4.78, 5) is 28.7. The highest BCUT2D eigenvalue weighted by atomic mass is 32.1. The van der Waals surface area contributed by atoms with Crippen molar-refractivity contribution in [3.8, 4) is 11.5 Å². The number of halogens is 2. The molecule has 0 bridgehead atoms. The number of fused-ring (bicyclic) bond motifs is 1. The zero-order chi connectivity index (χ0) is 18.7. The number of ether oxygens (including phenoxy) is 3. The number of rotatable bonds is 6. The van der Waals surface area contributed by atoms with E-state index in [2.05, 4.69) is 9.72 Å². The molecule has 0 aliphatic rings. The van der Waals surface area contributed by atoms with Crippen LogP contribution in [-0.4, -0.2) is 29.1 Å². The van der Waals surface area contributed by atoms with Crippen molar-refractivity contribution in [1.29, 1.82) is 0 Å². The van der Waals surface area contributed by atoms with Crippen molar-refractivity contribution in [2.75, 3.05) is 7.11 Å². The van der Waals surface area contributed by atoms with Gasteiger partial charge < -0.3 is 14.2 Å². The second kappa shape index (κ2) is 7.48. The van der Waals surface area contributed by atoms with Crippen LogP contribution in [0.2, 0.25) is 0 Å². The molecular weight excluding hydrogens is 370 g/mol. The monoisotopic (exact) mass is 382 g/mol. The first-order valence-corrected chi connectivity index (χ1v) is 8.11. The van der Waals surface area contributed by atoms with E-state index in [0.717, 1.165) is 0 Å². The van der Waals surface area contributed by atoms with E-state index in [1.807, 2.05) is 0 Å². The van der Waals surface area contributed by atoms with Gasteiger partial charge in [0.15, 0.2) is 16.5 Å². The number of benzene rings is 1. The van der Waals surface area contributed by atoms with Crippen LogP contribution >= 0.6 is 11.3 Å². The third-order valence-electron chi connectivity index (χ3n) is 3.32. The lowest BCUT2D eigenvalue weighted by atomic mass is 10.2.